The summed E-state index contributed by atoms with van der Waals surface area (Å²) in [6.07, 6.45) is 4.57. The number of hydrogen-bond acceptors (Lipinski definition) is 3. The van der Waals surface area contributed by atoms with E-state index in [9.17, 15) is 0 Å². The van der Waals surface area contributed by atoms with Crippen molar-refractivity contribution in [2.45, 2.75) is 33.4 Å². The van der Waals surface area contributed by atoms with E-state index in [-0.39, 0.29) is 0 Å². The standard InChI is InChI=1S/C19H22BrClN6S/c1-13-18(20)14(2)27(25-13)9-5-8-22-19(28)24-16-10-23-26(12-16)11-15-6-3-4-7-17(15)21/h3-4,6-7,10,12H,5,8-9,11H2,1-2H3,(H2,22,24,28). The Kier molecular flexibility index (Phi) is 7.09. The van der Waals surface area contributed by atoms with Crippen molar-refractivity contribution >= 4 is 50.5 Å². The summed E-state index contributed by atoms with van der Waals surface area (Å²) >= 11 is 15.1. The van der Waals surface area contributed by atoms with Crippen molar-refractivity contribution in [3.63, 3.8) is 0 Å². The summed E-state index contributed by atoms with van der Waals surface area (Å²) in [5, 5.41) is 16.6. The molecule has 0 aliphatic carbocycles. The molecule has 9 heteroatoms. The molecule has 0 amide bonds. The summed E-state index contributed by atoms with van der Waals surface area (Å²) in [5.41, 5.74) is 4.02. The second kappa shape index (κ2) is 9.54. The molecule has 148 valence electrons. The largest absolute Gasteiger partial charge is 0.362 e. The van der Waals surface area contributed by atoms with Gasteiger partial charge in [-0.1, -0.05) is 29.8 Å². The fraction of sp³-hybridized carbons (Fsp3) is 0.316. The zero-order valence-electron chi connectivity index (χ0n) is 15.7. The Morgan fingerprint density at radius 3 is 2.79 bits per heavy atom. The number of nitrogens with zero attached hydrogens (tertiary/aromatic N) is 4. The zero-order valence-corrected chi connectivity index (χ0v) is 18.9. The molecule has 0 bridgehead atoms. The summed E-state index contributed by atoms with van der Waals surface area (Å²) in [6.45, 7) is 6.26. The van der Waals surface area contributed by atoms with E-state index in [4.69, 9.17) is 23.8 Å². The topological polar surface area (TPSA) is 59.7 Å². The third-order valence-electron chi connectivity index (χ3n) is 4.31. The Morgan fingerprint density at radius 1 is 1.29 bits per heavy atom. The molecule has 0 radical (unpaired) electrons. The van der Waals surface area contributed by atoms with Gasteiger partial charge in [-0.05, 0) is 60.0 Å². The van der Waals surface area contributed by atoms with Gasteiger partial charge in [0.15, 0.2) is 5.11 Å². The van der Waals surface area contributed by atoms with Crippen LogP contribution >= 0.6 is 39.7 Å². The quantitative estimate of drug-likeness (QED) is 0.383. The normalized spacial score (nSPS) is 10.9. The van der Waals surface area contributed by atoms with Gasteiger partial charge in [-0.3, -0.25) is 9.36 Å². The summed E-state index contributed by atoms with van der Waals surface area (Å²) in [6, 6.07) is 7.75. The van der Waals surface area contributed by atoms with E-state index in [0.717, 1.165) is 51.6 Å². The molecule has 3 rings (SSSR count). The molecule has 3 aromatic rings. The fourth-order valence-corrected chi connectivity index (χ4v) is 3.51. The second-order valence-electron chi connectivity index (χ2n) is 6.46. The number of nitrogens with one attached hydrogen (secondary N) is 2. The average Bonchev–Trinajstić information content (AvgIpc) is 3.20. The number of hydrogen-bond donors (Lipinski definition) is 2. The smallest absolute Gasteiger partial charge is 0.170 e. The highest BCUT2D eigenvalue weighted by atomic mass is 79.9. The predicted octanol–water partition coefficient (Wildman–Crippen LogP) is 4.54. The zero-order chi connectivity index (χ0) is 20.1. The van der Waals surface area contributed by atoms with E-state index in [1.165, 1.54) is 0 Å². The maximum Gasteiger partial charge on any atom is 0.170 e. The van der Waals surface area contributed by atoms with Crippen LogP contribution in [0.2, 0.25) is 5.02 Å². The Hall–Kier alpha value is -1.90. The van der Waals surface area contributed by atoms with Crippen molar-refractivity contribution in [2.75, 3.05) is 11.9 Å². The van der Waals surface area contributed by atoms with Gasteiger partial charge in [0, 0.05) is 30.0 Å². The number of rotatable bonds is 7. The summed E-state index contributed by atoms with van der Waals surface area (Å²) in [7, 11) is 0. The van der Waals surface area contributed by atoms with E-state index in [0.29, 0.717) is 11.7 Å². The molecule has 0 spiro atoms. The van der Waals surface area contributed by atoms with Gasteiger partial charge in [0.05, 0.1) is 28.6 Å². The van der Waals surface area contributed by atoms with Crippen LogP contribution in [0.5, 0.6) is 0 Å². The number of aromatic nitrogens is 4. The molecule has 0 aliphatic rings. The lowest BCUT2D eigenvalue weighted by Gasteiger charge is -2.09. The first-order chi connectivity index (χ1) is 13.4. The molecular formula is C19H22BrClN6S. The van der Waals surface area contributed by atoms with Crippen LogP contribution in [0.15, 0.2) is 41.1 Å². The Morgan fingerprint density at radius 2 is 2.07 bits per heavy atom. The first-order valence-electron chi connectivity index (χ1n) is 8.94. The first-order valence-corrected chi connectivity index (χ1v) is 10.5. The van der Waals surface area contributed by atoms with E-state index in [2.05, 4.69) is 43.7 Å². The van der Waals surface area contributed by atoms with Gasteiger partial charge in [0.1, 0.15) is 0 Å². The SMILES string of the molecule is Cc1nn(CCCNC(=S)Nc2cnn(Cc3ccccc3Cl)c2)c(C)c1Br. The Bertz CT molecular complexity index is 967. The lowest BCUT2D eigenvalue weighted by Crippen LogP contribution is -2.29. The van der Waals surface area contributed by atoms with Gasteiger partial charge in [0.25, 0.3) is 0 Å². The number of halogens is 2. The van der Waals surface area contributed by atoms with E-state index >= 15 is 0 Å². The van der Waals surface area contributed by atoms with Crippen LogP contribution in [0, 0.1) is 13.8 Å². The first kappa shape index (κ1) is 20.8. The lowest BCUT2D eigenvalue weighted by molar-refractivity contribution is 0.558. The maximum atomic E-state index is 6.20. The molecule has 0 saturated carbocycles. The highest BCUT2D eigenvalue weighted by molar-refractivity contribution is 9.10. The van der Waals surface area contributed by atoms with E-state index in [1.54, 1.807) is 6.20 Å². The van der Waals surface area contributed by atoms with Gasteiger partial charge >= 0.3 is 0 Å². The van der Waals surface area contributed by atoms with Crippen molar-refractivity contribution < 1.29 is 0 Å². The van der Waals surface area contributed by atoms with Crippen molar-refractivity contribution in [2.24, 2.45) is 0 Å². The predicted molar refractivity (Wildman–Crippen MR) is 121 cm³/mol. The number of anilines is 1. The summed E-state index contributed by atoms with van der Waals surface area (Å²) in [4.78, 5) is 0. The van der Waals surface area contributed by atoms with Gasteiger partial charge in [0.2, 0.25) is 0 Å². The minimum Gasteiger partial charge on any atom is -0.362 e. The van der Waals surface area contributed by atoms with Crippen LogP contribution in [0.4, 0.5) is 5.69 Å². The van der Waals surface area contributed by atoms with Crippen LogP contribution in [0.1, 0.15) is 23.4 Å². The number of aryl methyl sites for hydroxylation is 2. The highest BCUT2D eigenvalue weighted by Gasteiger charge is 2.08. The fourth-order valence-electron chi connectivity index (χ4n) is 2.81. The lowest BCUT2D eigenvalue weighted by atomic mass is 10.2. The molecule has 1 aromatic carbocycles. The summed E-state index contributed by atoms with van der Waals surface area (Å²) < 4.78 is 4.91. The third-order valence-corrected chi connectivity index (χ3v) is 6.07. The van der Waals surface area contributed by atoms with Crippen LogP contribution in [-0.4, -0.2) is 31.2 Å². The molecule has 2 heterocycles. The summed E-state index contributed by atoms with van der Waals surface area (Å²) in [5.74, 6) is 0. The molecule has 2 aromatic heterocycles. The van der Waals surface area contributed by atoms with E-state index in [1.807, 2.05) is 46.7 Å². The van der Waals surface area contributed by atoms with Gasteiger partial charge in [-0.2, -0.15) is 10.2 Å². The van der Waals surface area contributed by atoms with Crippen LogP contribution in [0.3, 0.4) is 0 Å². The minimum atomic E-state index is 0.576. The second-order valence-corrected chi connectivity index (χ2v) is 8.07. The maximum absolute atomic E-state index is 6.20. The highest BCUT2D eigenvalue weighted by Crippen LogP contribution is 2.20. The average molecular weight is 482 g/mol. The van der Waals surface area contributed by atoms with Crippen LogP contribution in [0.25, 0.3) is 0 Å². The van der Waals surface area contributed by atoms with Gasteiger partial charge in [-0.15, -0.1) is 0 Å². The minimum absolute atomic E-state index is 0.576. The van der Waals surface area contributed by atoms with Gasteiger partial charge < -0.3 is 10.6 Å². The molecule has 0 saturated heterocycles. The molecule has 0 atom stereocenters. The molecule has 2 N–H and O–H groups in total. The third kappa shape index (κ3) is 5.33. The van der Waals surface area contributed by atoms with Crippen LogP contribution < -0.4 is 10.6 Å². The Labute approximate surface area is 183 Å². The van der Waals surface area contributed by atoms with Crippen molar-refractivity contribution in [1.29, 1.82) is 0 Å². The van der Waals surface area contributed by atoms with Crippen LogP contribution in [-0.2, 0) is 13.1 Å². The molecule has 28 heavy (non-hydrogen) atoms. The van der Waals surface area contributed by atoms with Gasteiger partial charge in [-0.25, -0.2) is 0 Å². The van der Waals surface area contributed by atoms with Crippen molar-refractivity contribution in [1.82, 2.24) is 24.9 Å². The molecular weight excluding hydrogens is 460 g/mol. The molecule has 6 nitrogen and oxygen atoms in total. The number of thiocarbonyl (C=S) groups is 1. The molecule has 0 unspecified atom stereocenters. The van der Waals surface area contributed by atoms with Crippen molar-refractivity contribution in [3.8, 4) is 0 Å². The van der Waals surface area contributed by atoms with Crippen molar-refractivity contribution in [3.05, 3.63) is 63.1 Å². The number of benzene rings is 1. The van der Waals surface area contributed by atoms with E-state index < -0.39 is 0 Å². The molecule has 0 aliphatic heterocycles. The Balaban J connectivity index is 1.43. The monoisotopic (exact) mass is 480 g/mol. The molecule has 0 fully saturated rings.